The molecule has 0 heterocycles. The van der Waals surface area contributed by atoms with E-state index in [9.17, 15) is 9.90 Å². The van der Waals surface area contributed by atoms with Gasteiger partial charge in [-0.05, 0) is 30.9 Å². The molecule has 20 heavy (non-hydrogen) atoms. The van der Waals surface area contributed by atoms with Crippen LogP contribution in [-0.4, -0.2) is 31.8 Å². The van der Waals surface area contributed by atoms with Crippen molar-refractivity contribution in [3.05, 3.63) is 17.7 Å². The first-order chi connectivity index (χ1) is 9.51. The van der Waals surface area contributed by atoms with E-state index in [0.29, 0.717) is 18.2 Å². The molecule has 1 rings (SSSR count). The summed E-state index contributed by atoms with van der Waals surface area (Å²) in [6.45, 7) is 4.87. The largest absolute Gasteiger partial charge is 0.504 e. The number of rotatable bonds is 7. The molecule has 2 N–H and O–H groups in total. The molecule has 0 radical (unpaired) electrons. The number of phenolic OH excluding ortho intramolecular Hbond substituents is 1. The number of ether oxygens (including phenoxy) is 2. The Kier molecular flexibility index (Phi) is 6.15. The third-order valence-electron chi connectivity index (χ3n) is 3.01. The topological polar surface area (TPSA) is 67.8 Å². The first kappa shape index (κ1) is 16.1. The monoisotopic (exact) mass is 281 g/mol. The minimum absolute atomic E-state index is 0.169. The molecule has 0 atom stereocenters. The Balaban J connectivity index is 2.73. The zero-order valence-electron chi connectivity index (χ0n) is 12.5. The second-order valence-electron chi connectivity index (χ2n) is 4.99. The van der Waals surface area contributed by atoms with Crippen LogP contribution in [0.15, 0.2) is 12.1 Å². The van der Waals surface area contributed by atoms with E-state index in [4.69, 9.17) is 9.47 Å². The predicted molar refractivity (Wildman–Crippen MR) is 77.6 cm³/mol. The molecule has 112 valence electrons. The number of aromatic hydroxyl groups is 1. The van der Waals surface area contributed by atoms with Crippen LogP contribution >= 0.6 is 0 Å². The molecule has 0 saturated carbocycles. The highest BCUT2D eigenvalue weighted by Gasteiger charge is 2.18. The molecule has 0 unspecified atom stereocenters. The predicted octanol–water partition coefficient (Wildman–Crippen LogP) is 2.58. The van der Waals surface area contributed by atoms with Gasteiger partial charge < -0.3 is 19.9 Å². The number of carbonyl (C=O) groups excluding carboxylic acids is 1. The van der Waals surface area contributed by atoms with Crippen molar-refractivity contribution >= 4 is 5.91 Å². The van der Waals surface area contributed by atoms with Gasteiger partial charge in [0.1, 0.15) is 0 Å². The molecule has 1 aromatic carbocycles. The van der Waals surface area contributed by atoms with E-state index in [1.54, 1.807) is 6.07 Å². The van der Waals surface area contributed by atoms with Gasteiger partial charge in [-0.25, -0.2) is 0 Å². The molecule has 0 aliphatic carbocycles. The fourth-order valence-electron chi connectivity index (χ4n) is 1.90. The smallest absolute Gasteiger partial charge is 0.255 e. The minimum Gasteiger partial charge on any atom is -0.504 e. The molecule has 0 aromatic heterocycles. The molecule has 0 spiro atoms. The van der Waals surface area contributed by atoms with Crippen LogP contribution < -0.4 is 14.8 Å². The summed E-state index contributed by atoms with van der Waals surface area (Å²) in [5.74, 6) is 0.658. The molecule has 0 fully saturated rings. The summed E-state index contributed by atoms with van der Waals surface area (Å²) < 4.78 is 10.1. The molecule has 0 bridgehead atoms. The van der Waals surface area contributed by atoms with Gasteiger partial charge in [0.05, 0.1) is 19.8 Å². The van der Waals surface area contributed by atoms with Crippen molar-refractivity contribution in [2.75, 3.05) is 20.8 Å². The Hall–Kier alpha value is -1.91. The lowest BCUT2D eigenvalue weighted by Crippen LogP contribution is -2.24. The van der Waals surface area contributed by atoms with E-state index in [2.05, 4.69) is 19.2 Å². The number of nitrogens with one attached hydrogen (secondary N) is 1. The van der Waals surface area contributed by atoms with E-state index in [1.807, 2.05) is 0 Å². The van der Waals surface area contributed by atoms with E-state index in [-0.39, 0.29) is 23.0 Å². The summed E-state index contributed by atoms with van der Waals surface area (Å²) >= 11 is 0. The van der Waals surface area contributed by atoms with Crippen LogP contribution in [0.5, 0.6) is 17.2 Å². The van der Waals surface area contributed by atoms with Gasteiger partial charge in [-0.2, -0.15) is 0 Å². The van der Waals surface area contributed by atoms with Gasteiger partial charge in [0.25, 0.3) is 5.91 Å². The average Bonchev–Trinajstić information content (AvgIpc) is 2.42. The van der Waals surface area contributed by atoms with E-state index < -0.39 is 0 Å². The van der Waals surface area contributed by atoms with Crippen molar-refractivity contribution in [3.63, 3.8) is 0 Å². The normalized spacial score (nSPS) is 10.4. The Morgan fingerprint density at radius 3 is 2.55 bits per heavy atom. The van der Waals surface area contributed by atoms with E-state index in [0.717, 1.165) is 12.8 Å². The molecule has 5 nitrogen and oxygen atoms in total. The van der Waals surface area contributed by atoms with Gasteiger partial charge in [0.15, 0.2) is 11.5 Å². The summed E-state index contributed by atoms with van der Waals surface area (Å²) in [7, 11) is 2.89. The van der Waals surface area contributed by atoms with Crippen molar-refractivity contribution in [2.24, 2.45) is 5.92 Å². The lowest BCUT2D eigenvalue weighted by atomic mass is 10.1. The number of hydrogen-bond donors (Lipinski definition) is 2. The number of carbonyl (C=O) groups is 1. The Bertz CT molecular complexity index is 457. The van der Waals surface area contributed by atoms with Gasteiger partial charge in [-0.15, -0.1) is 0 Å². The molecular weight excluding hydrogens is 258 g/mol. The number of phenols is 1. The van der Waals surface area contributed by atoms with Crippen LogP contribution in [0.4, 0.5) is 0 Å². The van der Waals surface area contributed by atoms with E-state index in [1.165, 1.54) is 20.3 Å². The van der Waals surface area contributed by atoms with Crippen LogP contribution in [-0.2, 0) is 0 Å². The number of hydrogen-bond acceptors (Lipinski definition) is 4. The lowest BCUT2D eigenvalue weighted by Gasteiger charge is -2.13. The lowest BCUT2D eigenvalue weighted by molar-refractivity contribution is 0.0949. The van der Waals surface area contributed by atoms with Crippen molar-refractivity contribution in [2.45, 2.75) is 26.7 Å². The van der Waals surface area contributed by atoms with Crippen molar-refractivity contribution < 1.29 is 19.4 Å². The second-order valence-corrected chi connectivity index (χ2v) is 4.99. The van der Waals surface area contributed by atoms with Gasteiger partial charge >= 0.3 is 0 Å². The Morgan fingerprint density at radius 2 is 2.00 bits per heavy atom. The summed E-state index contributed by atoms with van der Waals surface area (Å²) in [5.41, 5.74) is 0.187. The molecule has 0 aliphatic heterocycles. The summed E-state index contributed by atoms with van der Waals surface area (Å²) in [5, 5.41) is 12.8. The van der Waals surface area contributed by atoms with Crippen LogP contribution in [0.3, 0.4) is 0 Å². The number of benzene rings is 1. The molecule has 0 aliphatic rings. The van der Waals surface area contributed by atoms with Crippen LogP contribution in [0, 0.1) is 5.92 Å². The molecule has 5 heteroatoms. The fourth-order valence-corrected chi connectivity index (χ4v) is 1.90. The number of amides is 1. The van der Waals surface area contributed by atoms with Gasteiger partial charge in [-0.3, -0.25) is 4.79 Å². The maximum Gasteiger partial charge on any atom is 0.255 e. The highest BCUT2D eigenvalue weighted by atomic mass is 16.5. The highest BCUT2D eigenvalue weighted by Crippen LogP contribution is 2.38. The summed E-state index contributed by atoms with van der Waals surface area (Å²) in [6.07, 6.45) is 1.97. The summed E-state index contributed by atoms with van der Waals surface area (Å²) in [4.78, 5) is 12.0. The van der Waals surface area contributed by atoms with Crippen molar-refractivity contribution in [3.8, 4) is 17.2 Å². The quantitative estimate of drug-likeness (QED) is 0.754. The van der Waals surface area contributed by atoms with Gasteiger partial charge in [0, 0.05) is 6.54 Å². The fraction of sp³-hybridized carbons (Fsp3) is 0.533. The van der Waals surface area contributed by atoms with Gasteiger partial charge in [-0.1, -0.05) is 13.8 Å². The molecule has 1 aromatic rings. The van der Waals surface area contributed by atoms with Crippen LogP contribution in [0.25, 0.3) is 0 Å². The Morgan fingerprint density at radius 1 is 1.30 bits per heavy atom. The first-order valence-electron chi connectivity index (χ1n) is 6.73. The Labute approximate surface area is 119 Å². The van der Waals surface area contributed by atoms with Gasteiger partial charge in [0.2, 0.25) is 5.75 Å². The maximum absolute atomic E-state index is 12.0. The number of methoxy groups -OCH3 is 2. The zero-order valence-corrected chi connectivity index (χ0v) is 12.5. The first-order valence-corrected chi connectivity index (χ1v) is 6.73. The third-order valence-corrected chi connectivity index (χ3v) is 3.01. The summed E-state index contributed by atoms with van der Waals surface area (Å²) in [6, 6.07) is 3.12. The maximum atomic E-state index is 12.0. The SMILES string of the molecule is COc1ccc(C(=O)NCCCC(C)C)c(O)c1OC. The minimum atomic E-state index is -0.313. The van der Waals surface area contributed by atoms with Crippen LogP contribution in [0.1, 0.15) is 37.0 Å². The van der Waals surface area contributed by atoms with E-state index >= 15 is 0 Å². The third kappa shape index (κ3) is 4.05. The van der Waals surface area contributed by atoms with Crippen molar-refractivity contribution in [1.29, 1.82) is 0 Å². The average molecular weight is 281 g/mol. The molecule has 1 amide bonds. The highest BCUT2D eigenvalue weighted by molar-refractivity contribution is 5.98. The second kappa shape index (κ2) is 7.62. The zero-order chi connectivity index (χ0) is 15.1. The van der Waals surface area contributed by atoms with Crippen LogP contribution in [0.2, 0.25) is 0 Å². The van der Waals surface area contributed by atoms with Crippen molar-refractivity contribution in [1.82, 2.24) is 5.32 Å². The standard InChI is InChI=1S/C15H23NO4/c1-10(2)6-5-9-16-15(18)11-7-8-12(19-3)14(20-4)13(11)17/h7-8,10,17H,5-6,9H2,1-4H3,(H,16,18). The molecular formula is C15H23NO4. The molecule has 0 saturated heterocycles.